The Morgan fingerprint density at radius 2 is 1.02 bits per heavy atom. The SMILES string of the molecule is CCCCCCCCCCCCC(=O)[Si](C)(C)C(OCCCl)(OCCCl)C(OCCCl)C(Cl)(OCCCl)OCCCl. The average molecular weight is 726 g/mol. The molecule has 0 fully saturated rings. The Morgan fingerprint density at radius 3 is 1.44 bits per heavy atom. The number of alkyl halides is 6. The molecule has 0 N–H and O–H groups in total. The van der Waals surface area contributed by atoms with Gasteiger partial charge in [0.15, 0.2) is 19.6 Å². The predicted octanol–water partition coefficient (Wildman–Crippen LogP) is 8.89. The summed E-state index contributed by atoms with van der Waals surface area (Å²) in [6.45, 7) is 6.23. The van der Waals surface area contributed by atoms with Crippen LogP contribution < -0.4 is 0 Å². The molecule has 1 atom stereocenters. The van der Waals surface area contributed by atoms with E-state index in [9.17, 15) is 4.79 Å². The summed E-state index contributed by atoms with van der Waals surface area (Å²) in [6.07, 6.45) is 10.9. The highest BCUT2D eigenvalue weighted by Crippen LogP contribution is 2.42. The number of carbonyl (C=O) groups is 1. The highest BCUT2D eigenvalue weighted by Gasteiger charge is 2.66. The van der Waals surface area contributed by atoms with Crippen LogP contribution >= 0.6 is 69.6 Å². The van der Waals surface area contributed by atoms with Crippen LogP contribution in [0.25, 0.3) is 0 Å². The van der Waals surface area contributed by atoms with Gasteiger partial charge in [-0.15, -0.1) is 58.0 Å². The van der Waals surface area contributed by atoms with Gasteiger partial charge in [-0.1, -0.05) is 89.4 Å². The van der Waals surface area contributed by atoms with Crippen LogP contribution in [0.15, 0.2) is 0 Å². The van der Waals surface area contributed by atoms with Gasteiger partial charge in [0.25, 0.3) is 5.25 Å². The molecule has 0 spiro atoms. The highest BCUT2D eigenvalue weighted by molar-refractivity contribution is 7.06. The van der Waals surface area contributed by atoms with E-state index in [0.717, 1.165) is 19.3 Å². The number of carbonyl (C=O) groups excluding carboxylic acids is 1. The molecule has 0 saturated carbocycles. The second-order valence-corrected chi connectivity index (χ2v) is 17.2. The Balaban J connectivity index is 6.04. The first-order chi connectivity index (χ1) is 19.7. The first-order valence-corrected chi connectivity index (χ1v) is 20.9. The lowest BCUT2D eigenvalue weighted by Gasteiger charge is -2.51. The van der Waals surface area contributed by atoms with Gasteiger partial charge in [0.1, 0.15) is 5.41 Å². The van der Waals surface area contributed by atoms with Crippen LogP contribution in [0.5, 0.6) is 0 Å². The third-order valence-electron chi connectivity index (χ3n) is 6.88. The molecule has 0 radical (unpaired) electrons. The van der Waals surface area contributed by atoms with Crippen LogP contribution in [0.1, 0.15) is 77.6 Å². The Labute approximate surface area is 280 Å². The molecule has 0 aromatic carbocycles. The third kappa shape index (κ3) is 15.5. The van der Waals surface area contributed by atoms with E-state index in [1.165, 1.54) is 44.9 Å². The van der Waals surface area contributed by atoms with Gasteiger partial charge in [-0.2, -0.15) is 0 Å². The summed E-state index contributed by atoms with van der Waals surface area (Å²) in [5.41, 5.74) is -1.67. The van der Waals surface area contributed by atoms with Crippen LogP contribution in [-0.4, -0.2) is 92.7 Å². The fourth-order valence-electron chi connectivity index (χ4n) is 4.69. The summed E-state index contributed by atoms with van der Waals surface area (Å²) >= 11 is 37.1. The van der Waals surface area contributed by atoms with Crippen molar-refractivity contribution in [3.05, 3.63) is 0 Å². The number of hydrogen-bond acceptors (Lipinski definition) is 6. The minimum Gasteiger partial charge on any atom is -0.365 e. The van der Waals surface area contributed by atoms with Crippen molar-refractivity contribution >= 4 is 83.1 Å². The number of unbranched alkanes of at least 4 members (excludes halogenated alkanes) is 9. The maximum absolute atomic E-state index is 14.0. The van der Waals surface area contributed by atoms with Crippen molar-refractivity contribution in [2.75, 3.05) is 62.4 Å². The van der Waals surface area contributed by atoms with Crippen molar-refractivity contribution < 1.29 is 28.5 Å². The molecule has 0 aliphatic carbocycles. The second kappa shape index (κ2) is 25.6. The molecule has 13 heteroatoms. The number of hydrogen-bond donors (Lipinski definition) is 0. The summed E-state index contributed by atoms with van der Waals surface area (Å²) in [5, 5.41) is -1.90. The number of rotatable bonds is 30. The molecule has 0 saturated heterocycles. The molecule has 1 unspecified atom stereocenters. The molecule has 0 amide bonds. The lowest BCUT2D eigenvalue weighted by Crippen LogP contribution is -2.74. The van der Waals surface area contributed by atoms with E-state index in [4.69, 9.17) is 93.3 Å². The normalized spacial score (nSPS) is 13.6. The van der Waals surface area contributed by atoms with Crippen molar-refractivity contribution in [3.63, 3.8) is 0 Å². The lowest BCUT2D eigenvalue weighted by molar-refractivity contribution is -0.321. The zero-order valence-electron chi connectivity index (χ0n) is 25.1. The second-order valence-electron chi connectivity index (χ2n) is 10.3. The Kier molecular flexibility index (Phi) is 26.5. The summed E-state index contributed by atoms with van der Waals surface area (Å²) in [5.74, 6) is 0.705. The summed E-state index contributed by atoms with van der Waals surface area (Å²) in [7, 11) is -3.24. The smallest absolute Gasteiger partial charge is 0.280 e. The van der Waals surface area contributed by atoms with Crippen LogP contribution in [0.3, 0.4) is 0 Å². The molecular formula is C28H52Cl6O6Si. The minimum absolute atomic E-state index is 0.0315. The van der Waals surface area contributed by atoms with E-state index in [1.807, 2.05) is 13.1 Å². The number of halogens is 6. The fourth-order valence-corrected chi connectivity index (χ4v) is 8.58. The molecule has 0 heterocycles. The van der Waals surface area contributed by atoms with E-state index in [0.29, 0.717) is 6.42 Å². The van der Waals surface area contributed by atoms with E-state index in [1.54, 1.807) is 0 Å². The van der Waals surface area contributed by atoms with Gasteiger partial charge in [0, 0.05) is 35.8 Å². The molecule has 0 aromatic rings. The van der Waals surface area contributed by atoms with Crippen LogP contribution in [0.2, 0.25) is 13.1 Å². The van der Waals surface area contributed by atoms with Gasteiger partial charge in [-0.05, 0) is 6.42 Å². The Morgan fingerprint density at radius 1 is 0.634 bits per heavy atom. The molecule has 6 nitrogen and oxygen atoms in total. The molecule has 246 valence electrons. The zero-order chi connectivity index (χ0) is 31.0. The van der Waals surface area contributed by atoms with Gasteiger partial charge in [-0.3, -0.25) is 0 Å². The van der Waals surface area contributed by atoms with E-state index < -0.39 is 24.8 Å². The van der Waals surface area contributed by atoms with E-state index >= 15 is 0 Å². The van der Waals surface area contributed by atoms with Gasteiger partial charge < -0.3 is 28.5 Å². The van der Waals surface area contributed by atoms with Gasteiger partial charge in [0.2, 0.25) is 0 Å². The molecular weight excluding hydrogens is 673 g/mol. The topological polar surface area (TPSA) is 63.2 Å². The zero-order valence-corrected chi connectivity index (χ0v) is 30.7. The van der Waals surface area contributed by atoms with E-state index in [2.05, 4.69) is 6.92 Å². The Hall–Kier alpha value is 1.43. The summed E-state index contributed by atoms with van der Waals surface area (Å²) in [6, 6.07) is 0. The highest BCUT2D eigenvalue weighted by atomic mass is 35.5. The van der Waals surface area contributed by atoms with Gasteiger partial charge in [-0.25, -0.2) is 0 Å². The van der Waals surface area contributed by atoms with Crippen LogP contribution in [0.4, 0.5) is 0 Å². The van der Waals surface area contributed by atoms with Crippen LogP contribution in [0, 0.1) is 0 Å². The molecule has 0 rings (SSSR count). The van der Waals surface area contributed by atoms with Crippen molar-refractivity contribution in [1.29, 1.82) is 0 Å². The van der Waals surface area contributed by atoms with Gasteiger partial charge >= 0.3 is 0 Å². The minimum atomic E-state index is -3.24. The molecule has 0 bridgehead atoms. The molecule has 0 aromatic heterocycles. The van der Waals surface area contributed by atoms with Crippen molar-refractivity contribution in [3.8, 4) is 0 Å². The predicted molar refractivity (Wildman–Crippen MR) is 177 cm³/mol. The average Bonchev–Trinajstić information content (AvgIpc) is 2.96. The maximum atomic E-state index is 14.0. The molecule has 0 aliphatic rings. The maximum Gasteiger partial charge on any atom is 0.280 e. The number of ether oxygens (including phenoxy) is 5. The third-order valence-corrected chi connectivity index (χ3v) is 12.0. The first-order valence-electron chi connectivity index (χ1n) is 14.9. The lowest BCUT2D eigenvalue weighted by atomic mass is 10.1. The largest absolute Gasteiger partial charge is 0.365 e. The quantitative estimate of drug-likeness (QED) is 0.0319. The fraction of sp³-hybridized carbons (Fsp3) is 0.964. The summed E-state index contributed by atoms with van der Waals surface area (Å²) in [4.78, 5) is 14.0. The molecule has 41 heavy (non-hydrogen) atoms. The first kappa shape index (κ1) is 42.4. The van der Waals surface area contributed by atoms with Crippen molar-refractivity contribution in [2.24, 2.45) is 0 Å². The monoisotopic (exact) mass is 722 g/mol. The van der Waals surface area contributed by atoms with Gasteiger partial charge in [0.05, 0.1) is 33.0 Å². The van der Waals surface area contributed by atoms with Crippen LogP contribution in [-0.2, 0) is 28.5 Å². The summed E-state index contributed by atoms with van der Waals surface area (Å²) < 4.78 is 30.8. The van der Waals surface area contributed by atoms with Crippen molar-refractivity contribution in [1.82, 2.24) is 0 Å². The van der Waals surface area contributed by atoms with Crippen molar-refractivity contribution in [2.45, 2.75) is 107 Å². The Bertz CT molecular complexity index is 633. The standard InChI is InChI=1S/C28H52Cl6O6Si/c1-4-5-6-7-8-9-10-11-12-13-14-25(35)41(2,3)28(39-23-18-32,40-24-19-33)26(36-20-15-29)27(34,37-21-16-30)38-22-17-31/h26H,4-24H2,1-3H3. The van der Waals surface area contributed by atoms with E-state index in [-0.39, 0.29) is 67.8 Å². The molecule has 0 aliphatic heterocycles.